The summed E-state index contributed by atoms with van der Waals surface area (Å²) in [6, 6.07) is 0. The molecule has 5 nitrogen and oxygen atoms in total. The topological polar surface area (TPSA) is 49.5 Å². The molecule has 156 valence electrons. The number of ether oxygens (including phenoxy) is 4. The fourth-order valence-electron chi connectivity index (χ4n) is 4.38. The van der Waals surface area contributed by atoms with Crippen LogP contribution in [0.4, 0.5) is 0 Å². The van der Waals surface area contributed by atoms with E-state index in [1.807, 2.05) is 0 Å². The molecule has 26 heavy (non-hydrogen) atoms. The van der Waals surface area contributed by atoms with Gasteiger partial charge in [-0.05, 0) is 23.5 Å². The average molecular weight is 391 g/mol. The van der Waals surface area contributed by atoms with Crippen molar-refractivity contribution in [1.82, 2.24) is 0 Å². The quantitative estimate of drug-likeness (QED) is 0.188. The third-order valence-corrected chi connectivity index (χ3v) is 11.9. The van der Waals surface area contributed by atoms with E-state index < -0.39 is 8.32 Å². The molecule has 0 N–H and O–H groups in total. The first-order chi connectivity index (χ1) is 12.2. The molecule has 4 unspecified atom stereocenters. The summed E-state index contributed by atoms with van der Waals surface area (Å²) in [6.45, 7) is 20.2. The Kier molecular flexibility index (Phi) is 10.3. The van der Waals surface area contributed by atoms with Crippen molar-refractivity contribution >= 4 is 8.32 Å². The first kappa shape index (κ1) is 24.1. The summed E-state index contributed by atoms with van der Waals surface area (Å²) in [6.07, 6.45) is 0.555. The van der Waals surface area contributed by atoms with Gasteiger partial charge in [-0.1, -0.05) is 48.5 Å². The molecule has 4 atom stereocenters. The molecular weight excluding hydrogens is 348 g/mol. The Bertz CT molecular complexity index is 367. The molecular formula is C20H42O5Si. The average Bonchev–Trinajstić information content (AvgIpc) is 3.28. The highest BCUT2D eigenvalue weighted by Crippen LogP contribution is 2.43. The van der Waals surface area contributed by atoms with Crippen molar-refractivity contribution in [1.29, 1.82) is 0 Å². The number of hydrogen-bond donors (Lipinski definition) is 0. The molecule has 1 heterocycles. The first-order valence-electron chi connectivity index (χ1n) is 10.2. The number of rotatable bonds is 14. The van der Waals surface area contributed by atoms with Crippen LogP contribution in [0.1, 0.15) is 55.4 Å². The Morgan fingerprint density at radius 3 is 1.88 bits per heavy atom. The monoisotopic (exact) mass is 390 g/mol. The van der Waals surface area contributed by atoms with E-state index in [1.165, 1.54) is 0 Å². The lowest BCUT2D eigenvalue weighted by Gasteiger charge is -2.43. The van der Waals surface area contributed by atoms with Gasteiger partial charge < -0.3 is 23.4 Å². The predicted octanol–water partition coefficient (Wildman–Crippen LogP) is 4.61. The summed E-state index contributed by atoms with van der Waals surface area (Å²) < 4.78 is 29.1. The summed E-state index contributed by atoms with van der Waals surface area (Å²) in [7, 11) is -0.240. The minimum absolute atomic E-state index is 0.0179. The lowest BCUT2D eigenvalue weighted by Crippen LogP contribution is -2.50. The maximum atomic E-state index is 6.77. The maximum absolute atomic E-state index is 6.77. The Balaban J connectivity index is 2.73. The van der Waals surface area contributed by atoms with Crippen molar-refractivity contribution in [3.63, 3.8) is 0 Å². The molecule has 1 saturated heterocycles. The van der Waals surface area contributed by atoms with E-state index in [-0.39, 0.29) is 24.9 Å². The molecule has 1 fully saturated rings. The second-order valence-corrected chi connectivity index (χ2v) is 14.0. The van der Waals surface area contributed by atoms with Crippen LogP contribution in [-0.2, 0) is 23.4 Å². The van der Waals surface area contributed by atoms with Gasteiger partial charge in [0.05, 0.1) is 38.1 Å². The van der Waals surface area contributed by atoms with Gasteiger partial charge >= 0.3 is 0 Å². The molecule has 0 aromatic heterocycles. The van der Waals surface area contributed by atoms with Crippen molar-refractivity contribution in [2.75, 3.05) is 33.7 Å². The maximum Gasteiger partial charge on any atom is 0.200 e. The second kappa shape index (κ2) is 11.1. The molecule has 1 aliphatic heterocycles. The summed E-state index contributed by atoms with van der Waals surface area (Å²) in [5.41, 5.74) is 1.69. The van der Waals surface area contributed by atoms with Crippen LogP contribution in [0, 0.1) is 5.92 Å². The number of methoxy groups -OCH3 is 1. The Labute approximate surface area is 162 Å². The zero-order chi connectivity index (χ0) is 19.9. The number of epoxide rings is 1. The van der Waals surface area contributed by atoms with Crippen molar-refractivity contribution in [2.45, 2.75) is 90.3 Å². The highest BCUT2D eigenvalue weighted by atomic mass is 28.4. The van der Waals surface area contributed by atoms with Gasteiger partial charge in [0.1, 0.15) is 6.79 Å². The Morgan fingerprint density at radius 2 is 1.46 bits per heavy atom. The van der Waals surface area contributed by atoms with Crippen molar-refractivity contribution in [3.8, 4) is 0 Å². The van der Waals surface area contributed by atoms with E-state index >= 15 is 0 Å². The SMILES string of the molecule is COCCOCOC(CO[Si](C(C)C)(C(C)C)C(C)C)C(C)C1OC1C. The molecule has 0 spiro atoms. The largest absolute Gasteiger partial charge is 0.413 e. The molecule has 6 heteroatoms. The van der Waals surface area contributed by atoms with Gasteiger partial charge in [-0.3, -0.25) is 0 Å². The fourth-order valence-corrected chi connectivity index (χ4v) is 9.83. The van der Waals surface area contributed by atoms with Gasteiger partial charge in [0.25, 0.3) is 0 Å². The van der Waals surface area contributed by atoms with E-state index in [2.05, 4.69) is 55.4 Å². The summed E-state index contributed by atoms with van der Waals surface area (Å²) >= 11 is 0. The number of hydrogen-bond acceptors (Lipinski definition) is 5. The highest BCUT2D eigenvalue weighted by Gasteiger charge is 2.47. The Morgan fingerprint density at radius 1 is 0.923 bits per heavy atom. The lowest BCUT2D eigenvalue weighted by molar-refractivity contribution is -0.124. The van der Waals surface area contributed by atoms with Crippen LogP contribution >= 0.6 is 0 Å². The first-order valence-corrected chi connectivity index (χ1v) is 12.3. The molecule has 0 bridgehead atoms. The third-order valence-electron chi connectivity index (χ3n) is 5.86. The van der Waals surface area contributed by atoms with Crippen LogP contribution in [0.3, 0.4) is 0 Å². The normalized spacial score (nSPS) is 23.1. The van der Waals surface area contributed by atoms with Crippen molar-refractivity contribution < 1.29 is 23.4 Å². The molecule has 0 radical (unpaired) electrons. The van der Waals surface area contributed by atoms with Crippen molar-refractivity contribution in [2.24, 2.45) is 5.92 Å². The Hall–Kier alpha value is 0.0169. The van der Waals surface area contributed by atoms with Crippen LogP contribution in [0.15, 0.2) is 0 Å². The molecule has 0 amide bonds. The minimum Gasteiger partial charge on any atom is -0.413 e. The zero-order valence-electron chi connectivity index (χ0n) is 18.4. The molecule has 0 aromatic carbocycles. The van der Waals surface area contributed by atoms with Gasteiger partial charge in [0, 0.05) is 13.0 Å². The van der Waals surface area contributed by atoms with E-state index in [0.717, 1.165) is 0 Å². The van der Waals surface area contributed by atoms with E-state index in [9.17, 15) is 0 Å². The van der Waals surface area contributed by atoms with E-state index in [1.54, 1.807) is 7.11 Å². The molecule has 1 rings (SSSR count). The third kappa shape index (κ3) is 6.28. The van der Waals surface area contributed by atoms with Crippen LogP contribution in [0.2, 0.25) is 16.6 Å². The molecule has 0 aliphatic carbocycles. The van der Waals surface area contributed by atoms with Gasteiger partial charge in [-0.2, -0.15) is 0 Å². The molecule has 0 aromatic rings. The lowest BCUT2D eigenvalue weighted by atomic mass is 10.00. The summed E-state index contributed by atoms with van der Waals surface area (Å²) in [5, 5.41) is 0. The zero-order valence-corrected chi connectivity index (χ0v) is 19.4. The van der Waals surface area contributed by atoms with Gasteiger partial charge in [-0.15, -0.1) is 0 Å². The predicted molar refractivity (Wildman–Crippen MR) is 108 cm³/mol. The molecule has 0 saturated carbocycles. The van der Waals surface area contributed by atoms with Gasteiger partial charge in [0.15, 0.2) is 8.32 Å². The summed E-state index contributed by atoms with van der Waals surface area (Å²) in [5.74, 6) is 0.286. The van der Waals surface area contributed by atoms with E-state index in [4.69, 9.17) is 23.4 Å². The standard InChI is InChI=1S/C20H42O5Si/c1-14(2)26(15(3)4,16(5)6)24-12-19(17(7)20-18(8)25-20)23-13-22-11-10-21-9/h14-20H,10-13H2,1-9H3. The highest BCUT2D eigenvalue weighted by molar-refractivity contribution is 6.77. The summed E-state index contributed by atoms with van der Waals surface area (Å²) in [4.78, 5) is 0. The van der Waals surface area contributed by atoms with Crippen LogP contribution < -0.4 is 0 Å². The molecule has 1 aliphatic rings. The van der Waals surface area contributed by atoms with E-state index in [0.29, 0.717) is 42.5 Å². The minimum atomic E-state index is -1.91. The second-order valence-electron chi connectivity index (χ2n) is 8.52. The van der Waals surface area contributed by atoms with Crippen LogP contribution in [0.5, 0.6) is 0 Å². The van der Waals surface area contributed by atoms with Crippen LogP contribution in [-0.4, -0.2) is 60.4 Å². The smallest absolute Gasteiger partial charge is 0.200 e. The van der Waals surface area contributed by atoms with Crippen molar-refractivity contribution in [3.05, 3.63) is 0 Å². The van der Waals surface area contributed by atoms with Gasteiger partial charge in [0.2, 0.25) is 0 Å². The van der Waals surface area contributed by atoms with Gasteiger partial charge in [-0.25, -0.2) is 0 Å². The van der Waals surface area contributed by atoms with Crippen LogP contribution in [0.25, 0.3) is 0 Å². The fraction of sp³-hybridized carbons (Fsp3) is 1.00.